The Morgan fingerprint density at radius 3 is 3.00 bits per heavy atom. The zero-order chi connectivity index (χ0) is 13.8. The van der Waals surface area contributed by atoms with Gasteiger partial charge in [0.2, 0.25) is 0 Å². The number of hydrogen-bond donors (Lipinski definition) is 0. The van der Waals surface area contributed by atoms with Crippen molar-refractivity contribution in [3.8, 4) is 10.7 Å². The van der Waals surface area contributed by atoms with Crippen molar-refractivity contribution < 1.29 is 9.53 Å². The van der Waals surface area contributed by atoms with Crippen molar-refractivity contribution in [3.05, 3.63) is 17.5 Å². The Morgan fingerprint density at radius 1 is 1.58 bits per heavy atom. The average Bonchev–Trinajstić information content (AvgIpc) is 3.00. The summed E-state index contributed by atoms with van der Waals surface area (Å²) in [6.07, 6.45) is 0. The molecule has 0 aliphatic rings. The van der Waals surface area contributed by atoms with Crippen LogP contribution in [-0.2, 0) is 16.6 Å². The van der Waals surface area contributed by atoms with E-state index in [2.05, 4.69) is 10.2 Å². The lowest BCUT2D eigenvalue weighted by molar-refractivity contribution is -0.142. The SMILES string of the molecule is CCOC(=O)C(C)Sc1nnc(-c2cccs2)n1C. The molecule has 0 saturated heterocycles. The minimum absolute atomic E-state index is 0.229. The van der Waals surface area contributed by atoms with Gasteiger partial charge < -0.3 is 9.30 Å². The lowest BCUT2D eigenvalue weighted by atomic mass is 10.4. The van der Waals surface area contributed by atoms with E-state index in [9.17, 15) is 4.79 Å². The maximum absolute atomic E-state index is 11.6. The molecule has 1 atom stereocenters. The van der Waals surface area contributed by atoms with Crippen LogP contribution in [0.3, 0.4) is 0 Å². The molecule has 5 nitrogen and oxygen atoms in total. The number of thiophene rings is 1. The standard InChI is InChI=1S/C12H15N3O2S2/c1-4-17-11(16)8(2)19-12-14-13-10(15(12)3)9-6-5-7-18-9/h5-8H,4H2,1-3H3. The van der Waals surface area contributed by atoms with Gasteiger partial charge in [-0.05, 0) is 25.3 Å². The number of carbonyl (C=O) groups excluding carboxylic acids is 1. The van der Waals surface area contributed by atoms with Gasteiger partial charge in [-0.1, -0.05) is 17.8 Å². The number of aromatic nitrogens is 3. The number of hydrogen-bond acceptors (Lipinski definition) is 6. The van der Waals surface area contributed by atoms with Gasteiger partial charge >= 0.3 is 5.97 Å². The third-order valence-electron chi connectivity index (χ3n) is 2.48. The summed E-state index contributed by atoms with van der Waals surface area (Å²) in [6, 6.07) is 3.97. The van der Waals surface area contributed by atoms with Crippen molar-refractivity contribution in [2.75, 3.05) is 6.61 Å². The van der Waals surface area contributed by atoms with Gasteiger partial charge in [-0.2, -0.15) is 0 Å². The van der Waals surface area contributed by atoms with E-state index in [-0.39, 0.29) is 11.2 Å². The van der Waals surface area contributed by atoms with Crippen LogP contribution in [0.1, 0.15) is 13.8 Å². The fourth-order valence-electron chi connectivity index (χ4n) is 1.50. The lowest BCUT2D eigenvalue weighted by Gasteiger charge is -2.09. The maximum Gasteiger partial charge on any atom is 0.319 e. The Bertz CT molecular complexity index is 551. The van der Waals surface area contributed by atoms with Crippen molar-refractivity contribution in [2.24, 2.45) is 7.05 Å². The molecule has 0 fully saturated rings. The first kappa shape index (κ1) is 14.1. The molecule has 2 rings (SSSR count). The van der Waals surface area contributed by atoms with Crippen LogP contribution in [0.4, 0.5) is 0 Å². The molecule has 102 valence electrons. The molecule has 0 amide bonds. The number of ether oxygens (including phenoxy) is 1. The number of carbonyl (C=O) groups is 1. The van der Waals surface area contributed by atoms with E-state index in [1.807, 2.05) is 36.1 Å². The van der Waals surface area contributed by atoms with Gasteiger partial charge in [0.15, 0.2) is 11.0 Å². The van der Waals surface area contributed by atoms with Crippen LogP contribution in [0.5, 0.6) is 0 Å². The van der Waals surface area contributed by atoms with Crippen molar-refractivity contribution >= 4 is 29.1 Å². The van der Waals surface area contributed by atoms with Crippen LogP contribution in [0.15, 0.2) is 22.7 Å². The van der Waals surface area contributed by atoms with Crippen molar-refractivity contribution in [1.29, 1.82) is 0 Å². The second-order valence-corrected chi connectivity index (χ2v) is 6.11. The Kier molecular flexibility index (Phi) is 4.60. The normalized spacial score (nSPS) is 12.4. The van der Waals surface area contributed by atoms with E-state index in [4.69, 9.17) is 4.74 Å². The van der Waals surface area contributed by atoms with Gasteiger partial charge in [0, 0.05) is 7.05 Å². The summed E-state index contributed by atoms with van der Waals surface area (Å²) in [5.74, 6) is 0.585. The predicted molar refractivity (Wildman–Crippen MR) is 76.3 cm³/mol. The Balaban J connectivity index is 2.12. The first-order valence-electron chi connectivity index (χ1n) is 5.90. The van der Waals surface area contributed by atoms with E-state index >= 15 is 0 Å². The topological polar surface area (TPSA) is 57.0 Å². The van der Waals surface area contributed by atoms with E-state index in [1.54, 1.807) is 18.3 Å². The molecule has 2 heterocycles. The maximum atomic E-state index is 11.6. The van der Waals surface area contributed by atoms with Crippen LogP contribution in [0.2, 0.25) is 0 Å². The van der Waals surface area contributed by atoms with E-state index in [0.29, 0.717) is 11.8 Å². The molecular formula is C12H15N3O2S2. The number of thioether (sulfide) groups is 1. The summed E-state index contributed by atoms with van der Waals surface area (Å²) in [6.45, 7) is 4.00. The Morgan fingerprint density at radius 2 is 2.37 bits per heavy atom. The van der Waals surface area contributed by atoms with Crippen LogP contribution in [0, 0.1) is 0 Å². The number of rotatable bonds is 5. The number of esters is 1. The summed E-state index contributed by atoms with van der Waals surface area (Å²) in [4.78, 5) is 12.7. The van der Waals surface area contributed by atoms with Gasteiger partial charge in [-0.25, -0.2) is 0 Å². The number of nitrogens with zero attached hydrogens (tertiary/aromatic N) is 3. The molecule has 2 aromatic rings. The second kappa shape index (κ2) is 6.21. The summed E-state index contributed by atoms with van der Waals surface area (Å²) in [7, 11) is 1.90. The van der Waals surface area contributed by atoms with Gasteiger partial charge in [0.25, 0.3) is 0 Å². The highest BCUT2D eigenvalue weighted by molar-refractivity contribution is 8.00. The molecule has 0 saturated carbocycles. The van der Waals surface area contributed by atoms with Crippen LogP contribution < -0.4 is 0 Å². The minimum Gasteiger partial charge on any atom is -0.465 e. The van der Waals surface area contributed by atoms with Crippen molar-refractivity contribution in [3.63, 3.8) is 0 Å². The van der Waals surface area contributed by atoms with Crippen molar-refractivity contribution in [1.82, 2.24) is 14.8 Å². The molecule has 0 radical (unpaired) electrons. The molecule has 2 aromatic heterocycles. The molecule has 0 aliphatic carbocycles. The van der Waals surface area contributed by atoms with Gasteiger partial charge in [-0.3, -0.25) is 4.79 Å². The molecule has 0 aromatic carbocycles. The molecule has 0 spiro atoms. The summed E-state index contributed by atoms with van der Waals surface area (Å²) in [5, 5.41) is 10.7. The van der Waals surface area contributed by atoms with E-state index in [1.165, 1.54) is 11.8 Å². The summed E-state index contributed by atoms with van der Waals surface area (Å²) in [5.41, 5.74) is 0. The third kappa shape index (κ3) is 3.16. The quantitative estimate of drug-likeness (QED) is 0.627. The first-order valence-corrected chi connectivity index (χ1v) is 7.66. The van der Waals surface area contributed by atoms with Crippen LogP contribution in [-0.4, -0.2) is 32.6 Å². The molecule has 1 unspecified atom stereocenters. The lowest BCUT2D eigenvalue weighted by Crippen LogP contribution is -2.17. The Hall–Kier alpha value is -1.34. The third-order valence-corrected chi connectivity index (χ3v) is 4.46. The van der Waals surface area contributed by atoms with Gasteiger partial charge in [0.05, 0.1) is 11.5 Å². The summed E-state index contributed by atoms with van der Waals surface area (Å²) < 4.78 is 6.87. The zero-order valence-electron chi connectivity index (χ0n) is 11.0. The molecular weight excluding hydrogens is 282 g/mol. The van der Waals surface area contributed by atoms with Gasteiger partial charge in [-0.15, -0.1) is 21.5 Å². The highest BCUT2D eigenvalue weighted by Crippen LogP contribution is 2.28. The smallest absolute Gasteiger partial charge is 0.319 e. The average molecular weight is 297 g/mol. The second-order valence-electron chi connectivity index (χ2n) is 3.85. The minimum atomic E-state index is -0.293. The van der Waals surface area contributed by atoms with Gasteiger partial charge in [0.1, 0.15) is 5.25 Å². The first-order chi connectivity index (χ1) is 9.13. The molecule has 0 aliphatic heterocycles. The molecule has 0 N–H and O–H groups in total. The van der Waals surface area contributed by atoms with E-state index in [0.717, 1.165) is 10.7 Å². The van der Waals surface area contributed by atoms with Crippen LogP contribution in [0.25, 0.3) is 10.7 Å². The molecule has 0 bridgehead atoms. The highest BCUT2D eigenvalue weighted by Gasteiger charge is 2.20. The van der Waals surface area contributed by atoms with Crippen molar-refractivity contribution in [2.45, 2.75) is 24.3 Å². The Labute approximate surface area is 120 Å². The largest absolute Gasteiger partial charge is 0.465 e. The monoisotopic (exact) mass is 297 g/mol. The molecule has 19 heavy (non-hydrogen) atoms. The fourth-order valence-corrected chi connectivity index (χ4v) is 3.06. The van der Waals surface area contributed by atoms with Crippen LogP contribution >= 0.6 is 23.1 Å². The van der Waals surface area contributed by atoms with E-state index < -0.39 is 0 Å². The summed E-state index contributed by atoms with van der Waals surface area (Å²) >= 11 is 2.97. The molecule has 7 heteroatoms. The zero-order valence-corrected chi connectivity index (χ0v) is 12.6. The highest BCUT2D eigenvalue weighted by atomic mass is 32.2. The predicted octanol–water partition coefficient (Wildman–Crippen LogP) is 2.59. The fraction of sp³-hybridized carbons (Fsp3) is 0.417.